The number of benzene rings is 3. The standard InChI is InChI=1S/C50H47N3O/c1-5-8-17-33(6-2)50-51-41(31-42(52-50)35-19-11-9-12-20-35)32(4)30-40-43(7-3)53(37-21-13-10-14-22-37)44-28-27-39-48-45(54-49(39)47(40)44)29-26-36-25-24-34-18-15-16-23-38(34)46(36)48/h6,8-15,17-22,24-25,27-28,30-31,34,38,43H,4-5,7,16,23,26,29H2,1-3H3/b17-8-,33-6+,40-30+. The van der Waals surface area contributed by atoms with E-state index in [9.17, 15) is 0 Å². The predicted molar refractivity (Wildman–Crippen MR) is 226 cm³/mol. The summed E-state index contributed by atoms with van der Waals surface area (Å²) >= 11 is 0. The second kappa shape index (κ2) is 14.2. The van der Waals surface area contributed by atoms with E-state index in [1.54, 1.807) is 0 Å². The Balaban J connectivity index is 1.24. The van der Waals surface area contributed by atoms with Gasteiger partial charge in [-0.25, -0.2) is 9.97 Å². The number of nitrogens with zero attached hydrogens (tertiary/aromatic N) is 3. The van der Waals surface area contributed by atoms with Gasteiger partial charge in [0.25, 0.3) is 0 Å². The van der Waals surface area contributed by atoms with Crippen LogP contribution in [0, 0.1) is 11.8 Å². The highest BCUT2D eigenvalue weighted by atomic mass is 16.3. The van der Waals surface area contributed by atoms with Crippen molar-refractivity contribution in [3.8, 4) is 11.3 Å². The highest BCUT2D eigenvalue weighted by molar-refractivity contribution is 6.09. The maximum absolute atomic E-state index is 7.12. The van der Waals surface area contributed by atoms with Gasteiger partial charge in [-0.05, 0) is 104 Å². The van der Waals surface area contributed by atoms with Gasteiger partial charge in [0, 0.05) is 45.7 Å². The lowest BCUT2D eigenvalue weighted by molar-refractivity contribution is 0.490. The molecule has 0 saturated carbocycles. The Hall–Kier alpha value is -5.74. The lowest BCUT2D eigenvalue weighted by Gasteiger charge is -2.35. The van der Waals surface area contributed by atoms with Gasteiger partial charge in [-0.15, -0.1) is 0 Å². The molecule has 4 aliphatic rings. The first-order valence-corrected chi connectivity index (χ1v) is 19.8. The van der Waals surface area contributed by atoms with Crippen LogP contribution in [0.25, 0.3) is 44.5 Å². The molecular formula is C50H47N3O. The summed E-state index contributed by atoms with van der Waals surface area (Å²) in [6.45, 7) is 11.2. The third kappa shape index (κ3) is 5.76. The minimum atomic E-state index is 0.0839. The molecular weight excluding hydrogens is 659 g/mol. The summed E-state index contributed by atoms with van der Waals surface area (Å²) in [5.41, 5.74) is 14.7. The largest absolute Gasteiger partial charge is 0.460 e. The lowest BCUT2D eigenvalue weighted by atomic mass is 9.69. The van der Waals surface area contributed by atoms with Gasteiger partial charge in [0.15, 0.2) is 5.82 Å². The molecule has 3 atom stereocenters. The van der Waals surface area contributed by atoms with Crippen molar-refractivity contribution < 1.29 is 4.42 Å². The fourth-order valence-electron chi connectivity index (χ4n) is 9.16. The van der Waals surface area contributed by atoms with Gasteiger partial charge in [0.05, 0.1) is 23.1 Å². The molecule has 0 amide bonds. The molecule has 54 heavy (non-hydrogen) atoms. The summed E-state index contributed by atoms with van der Waals surface area (Å²) < 4.78 is 7.12. The molecule has 2 aromatic heterocycles. The van der Waals surface area contributed by atoms with E-state index in [2.05, 4.69) is 140 Å². The Morgan fingerprint density at radius 3 is 2.54 bits per heavy atom. The number of aryl methyl sites for hydroxylation is 1. The topological polar surface area (TPSA) is 42.2 Å². The van der Waals surface area contributed by atoms with Crippen LogP contribution in [0.3, 0.4) is 0 Å². The van der Waals surface area contributed by atoms with Gasteiger partial charge in [-0.2, -0.15) is 0 Å². The van der Waals surface area contributed by atoms with Crippen LogP contribution in [0.5, 0.6) is 0 Å². The van der Waals surface area contributed by atoms with E-state index in [1.807, 2.05) is 13.0 Å². The van der Waals surface area contributed by atoms with Crippen molar-refractivity contribution in [2.75, 3.05) is 4.90 Å². The highest BCUT2D eigenvalue weighted by Crippen LogP contribution is 2.54. The fourth-order valence-corrected chi connectivity index (χ4v) is 9.16. The predicted octanol–water partition coefficient (Wildman–Crippen LogP) is 13.1. The number of hydrogen-bond acceptors (Lipinski definition) is 4. The average molecular weight is 706 g/mol. The van der Waals surface area contributed by atoms with E-state index in [-0.39, 0.29) is 6.04 Å². The summed E-state index contributed by atoms with van der Waals surface area (Å²) in [6.07, 6.45) is 24.4. The molecule has 0 fully saturated rings. The molecule has 3 aromatic carbocycles. The third-order valence-corrected chi connectivity index (χ3v) is 11.7. The Kier molecular flexibility index (Phi) is 8.98. The van der Waals surface area contributed by atoms with Crippen LogP contribution in [0.4, 0.5) is 11.4 Å². The van der Waals surface area contributed by atoms with Crippen molar-refractivity contribution in [1.29, 1.82) is 0 Å². The summed E-state index contributed by atoms with van der Waals surface area (Å²) in [6, 6.07) is 28.0. The SMILES string of the molecule is C=C(/C=C1/c2c(ccc3c4c(oc23)CCC2=C4C3CCC=CC3C=C2)N(c2ccccc2)C1CC)c1cc(-c2ccccc2)nc(C(/C=C\CC)=C/C)n1. The number of hydrogen-bond donors (Lipinski definition) is 0. The van der Waals surface area contributed by atoms with Crippen molar-refractivity contribution in [3.05, 3.63) is 168 Å². The molecule has 3 unspecified atom stereocenters. The molecule has 268 valence electrons. The van der Waals surface area contributed by atoms with E-state index >= 15 is 0 Å². The molecule has 0 N–H and O–H groups in total. The number of aromatic nitrogens is 2. The van der Waals surface area contributed by atoms with Crippen molar-refractivity contribution in [3.63, 3.8) is 0 Å². The van der Waals surface area contributed by atoms with Crippen LogP contribution in [-0.4, -0.2) is 16.0 Å². The summed E-state index contributed by atoms with van der Waals surface area (Å²) in [5.74, 6) is 2.79. The van der Waals surface area contributed by atoms with Gasteiger partial charge >= 0.3 is 0 Å². The molecule has 0 saturated heterocycles. The van der Waals surface area contributed by atoms with Gasteiger partial charge in [-0.1, -0.05) is 111 Å². The molecule has 3 aliphatic carbocycles. The van der Waals surface area contributed by atoms with Crippen molar-refractivity contribution in [2.45, 2.75) is 65.3 Å². The maximum atomic E-state index is 7.12. The van der Waals surface area contributed by atoms with E-state index in [0.29, 0.717) is 17.7 Å². The minimum Gasteiger partial charge on any atom is -0.460 e. The average Bonchev–Trinajstić information content (AvgIpc) is 3.76. The van der Waals surface area contributed by atoms with Gasteiger partial charge in [-0.3, -0.25) is 0 Å². The number of furan rings is 1. The van der Waals surface area contributed by atoms with Crippen molar-refractivity contribution >= 4 is 44.6 Å². The molecule has 0 spiro atoms. The van der Waals surface area contributed by atoms with Crippen LogP contribution in [-0.2, 0) is 6.42 Å². The Labute approximate surface area is 319 Å². The van der Waals surface area contributed by atoms with Crippen molar-refractivity contribution in [1.82, 2.24) is 9.97 Å². The summed E-state index contributed by atoms with van der Waals surface area (Å²) in [5, 5.41) is 1.23. The zero-order valence-electron chi connectivity index (χ0n) is 31.6. The molecule has 0 radical (unpaired) electrons. The first-order chi connectivity index (χ1) is 26.6. The van der Waals surface area contributed by atoms with Crippen LogP contribution in [0.2, 0.25) is 0 Å². The van der Waals surface area contributed by atoms with Crippen molar-refractivity contribution in [2.24, 2.45) is 11.8 Å². The fraction of sp³-hybridized carbons (Fsp3) is 0.240. The van der Waals surface area contributed by atoms with Gasteiger partial charge < -0.3 is 9.32 Å². The van der Waals surface area contributed by atoms with E-state index in [4.69, 9.17) is 21.0 Å². The summed E-state index contributed by atoms with van der Waals surface area (Å²) in [4.78, 5) is 12.7. The number of para-hydroxylation sites is 1. The second-order valence-electron chi connectivity index (χ2n) is 14.9. The molecule has 9 rings (SSSR count). The first-order valence-electron chi connectivity index (χ1n) is 19.8. The third-order valence-electron chi connectivity index (χ3n) is 11.7. The van der Waals surface area contributed by atoms with E-state index in [0.717, 1.165) is 71.5 Å². The Bertz CT molecular complexity index is 2450. The highest BCUT2D eigenvalue weighted by Gasteiger charge is 2.40. The molecule has 0 bridgehead atoms. The number of allylic oxidation sites excluding steroid dienone is 12. The van der Waals surface area contributed by atoms with Crippen LogP contribution >= 0.6 is 0 Å². The van der Waals surface area contributed by atoms with Crippen LogP contribution < -0.4 is 4.90 Å². The monoisotopic (exact) mass is 705 g/mol. The molecule has 4 heteroatoms. The normalized spacial score (nSPS) is 21.2. The van der Waals surface area contributed by atoms with E-state index < -0.39 is 0 Å². The molecule has 4 nitrogen and oxygen atoms in total. The second-order valence-corrected chi connectivity index (χ2v) is 14.9. The maximum Gasteiger partial charge on any atom is 0.160 e. The van der Waals surface area contributed by atoms with Crippen LogP contribution in [0.1, 0.15) is 81.3 Å². The molecule has 3 heterocycles. The Morgan fingerprint density at radius 2 is 1.76 bits per heavy atom. The zero-order chi connectivity index (χ0) is 36.8. The number of rotatable bonds is 8. The molecule has 5 aromatic rings. The minimum absolute atomic E-state index is 0.0839. The van der Waals surface area contributed by atoms with E-state index in [1.165, 1.54) is 51.0 Å². The van der Waals surface area contributed by atoms with Gasteiger partial charge in [0.1, 0.15) is 11.3 Å². The Morgan fingerprint density at radius 1 is 0.944 bits per heavy atom. The number of anilines is 2. The van der Waals surface area contributed by atoms with Gasteiger partial charge in [0.2, 0.25) is 0 Å². The summed E-state index contributed by atoms with van der Waals surface area (Å²) in [7, 11) is 0. The quantitative estimate of drug-likeness (QED) is 0.119. The van der Waals surface area contributed by atoms with Crippen LogP contribution in [0.15, 0.2) is 144 Å². The lowest BCUT2D eigenvalue weighted by Crippen LogP contribution is -2.26. The first kappa shape index (κ1) is 34.1. The zero-order valence-corrected chi connectivity index (χ0v) is 31.6. The smallest absolute Gasteiger partial charge is 0.160 e. The molecule has 1 aliphatic heterocycles. The number of fused-ring (bicyclic) bond motifs is 8.